The number of thiocarbonyl (C=S) groups is 1. The highest BCUT2D eigenvalue weighted by atomic mass is 32.2. The number of oxime groups is 1. The van der Waals surface area contributed by atoms with E-state index in [1.54, 1.807) is 0 Å². The second kappa shape index (κ2) is 7.03. The predicted molar refractivity (Wildman–Crippen MR) is 68.2 cm³/mol. The zero-order valence-electron chi connectivity index (χ0n) is 8.61. The average Bonchev–Trinajstić information content (AvgIpc) is 2.22. The van der Waals surface area contributed by atoms with Crippen molar-refractivity contribution < 1.29 is 5.21 Å². The molecule has 0 amide bonds. The minimum absolute atomic E-state index is 0.179. The Morgan fingerprint density at radius 1 is 1.47 bits per heavy atom. The van der Waals surface area contributed by atoms with Crippen LogP contribution in [0.1, 0.15) is 38.5 Å². The van der Waals surface area contributed by atoms with Crippen molar-refractivity contribution >= 4 is 34.0 Å². The first-order valence-corrected chi connectivity index (χ1v) is 6.44. The van der Waals surface area contributed by atoms with Crippen LogP contribution in [0.25, 0.3) is 0 Å². The quantitative estimate of drug-likeness (QED) is 0.286. The molecule has 4 nitrogen and oxygen atoms in total. The van der Waals surface area contributed by atoms with Crippen LogP contribution in [0, 0.1) is 0 Å². The molecule has 1 aliphatic rings. The van der Waals surface area contributed by atoms with Gasteiger partial charge in [0, 0.05) is 0 Å². The molecule has 0 radical (unpaired) electrons. The van der Waals surface area contributed by atoms with E-state index in [4.69, 9.17) is 23.3 Å². The van der Waals surface area contributed by atoms with Crippen molar-refractivity contribution in [3.63, 3.8) is 0 Å². The van der Waals surface area contributed by atoms with Crippen LogP contribution in [-0.2, 0) is 0 Å². The van der Waals surface area contributed by atoms with Gasteiger partial charge in [-0.2, -0.15) is 0 Å². The number of hydrogen-bond donors (Lipinski definition) is 3. The maximum atomic E-state index is 8.94. The van der Waals surface area contributed by atoms with Gasteiger partial charge in [0.25, 0.3) is 0 Å². The zero-order valence-corrected chi connectivity index (χ0v) is 10.2. The minimum Gasteiger partial charge on any atom is -0.411 e. The van der Waals surface area contributed by atoms with E-state index in [2.05, 4.69) is 10.6 Å². The number of nitrogens with zero attached hydrogens (tertiary/aromatic N) is 1. The van der Waals surface area contributed by atoms with Gasteiger partial charge < -0.3 is 10.6 Å². The zero-order chi connectivity index (χ0) is 11.1. The Morgan fingerprint density at radius 2 is 2.20 bits per heavy atom. The number of hydrazine groups is 1. The summed E-state index contributed by atoms with van der Waals surface area (Å²) in [6.45, 7) is 0. The molecule has 0 aromatic rings. The molecule has 1 aliphatic carbocycles. The van der Waals surface area contributed by atoms with Gasteiger partial charge in [-0.1, -0.05) is 48.4 Å². The number of hydrogen-bond acceptors (Lipinski definition) is 5. The summed E-state index contributed by atoms with van der Waals surface area (Å²) in [5.41, 5.74) is 3.30. The van der Waals surface area contributed by atoms with Crippen molar-refractivity contribution in [3.05, 3.63) is 0 Å². The molecule has 0 saturated heterocycles. The van der Waals surface area contributed by atoms with Crippen LogP contribution >= 0.6 is 24.0 Å². The van der Waals surface area contributed by atoms with Crippen molar-refractivity contribution in [1.29, 1.82) is 0 Å². The van der Waals surface area contributed by atoms with Gasteiger partial charge in [-0.25, -0.2) is 5.84 Å². The van der Waals surface area contributed by atoms with Crippen molar-refractivity contribution in [1.82, 2.24) is 5.43 Å². The molecule has 1 unspecified atom stereocenters. The number of rotatable bonds is 1. The standard InChI is InChI=1S/C9H17N3OS2/c10-11-9(14)15-8-6-4-2-1-3-5-7(8)12-13/h8,13H,1-6,10H2,(H,11,14). The lowest BCUT2D eigenvalue weighted by molar-refractivity contribution is 0.315. The first-order valence-electron chi connectivity index (χ1n) is 5.16. The molecule has 1 atom stereocenters. The molecule has 15 heavy (non-hydrogen) atoms. The van der Waals surface area contributed by atoms with E-state index in [1.165, 1.54) is 24.6 Å². The molecule has 1 fully saturated rings. The Labute approximate surface area is 99.6 Å². The van der Waals surface area contributed by atoms with Crippen molar-refractivity contribution in [2.45, 2.75) is 43.8 Å². The lowest BCUT2D eigenvalue weighted by atomic mass is 9.99. The van der Waals surface area contributed by atoms with Crippen LogP contribution in [0.15, 0.2) is 5.16 Å². The highest BCUT2D eigenvalue weighted by Crippen LogP contribution is 2.25. The second-order valence-corrected chi connectivity index (χ2v) is 5.46. The van der Waals surface area contributed by atoms with Crippen LogP contribution in [-0.4, -0.2) is 20.5 Å². The Kier molecular flexibility index (Phi) is 5.97. The molecular weight excluding hydrogens is 230 g/mol. The van der Waals surface area contributed by atoms with E-state index >= 15 is 0 Å². The van der Waals surface area contributed by atoms with E-state index in [0.29, 0.717) is 4.32 Å². The average molecular weight is 247 g/mol. The third kappa shape index (κ3) is 4.36. The molecule has 0 aromatic carbocycles. The first-order chi connectivity index (χ1) is 7.27. The Bertz CT molecular complexity index is 246. The predicted octanol–water partition coefficient (Wildman–Crippen LogP) is 2.02. The van der Waals surface area contributed by atoms with Gasteiger partial charge in [-0.05, 0) is 19.3 Å². The molecular formula is C9H17N3OS2. The molecule has 1 saturated carbocycles. The fourth-order valence-corrected chi connectivity index (χ4v) is 2.98. The van der Waals surface area contributed by atoms with Crippen molar-refractivity contribution in [3.8, 4) is 0 Å². The summed E-state index contributed by atoms with van der Waals surface area (Å²) in [6, 6.07) is 0. The van der Waals surface area contributed by atoms with Crippen LogP contribution < -0.4 is 11.3 Å². The lowest BCUT2D eigenvalue weighted by Gasteiger charge is -2.20. The molecule has 6 heteroatoms. The van der Waals surface area contributed by atoms with Gasteiger partial charge in [-0.3, -0.25) is 0 Å². The molecule has 0 bridgehead atoms. The Balaban J connectivity index is 2.57. The van der Waals surface area contributed by atoms with Gasteiger partial charge in [0.05, 0.1) is 11.0 Å². The second-order valence-electron chi connectivity index (χ2n) is 3.58. The summed E-state index contributed by atoms with van der Waals surface area (Å²) in [5.74, 6) is 5.23. The fourth-order valence-electron chi connectivity index (χ4n) is 1.72. The normalized spacial score (nSPS) is 25.7. The Hall–Kier alpha value is -0.330. The molecule has 0 aromatic heterocycles. The summed E-state index contributed by atoms with van der Waals surface area (Å²) >= 11 is 6.49. The maximum Gasteiger partial charge on any atom is 0.148 e. The molecule has 86 valence electrons. The van der Waals surface area contributed by atoms with Gasteiger partial charge in [0.2, 0.25) is 0 Å². The topological polar surface area (TPSA) is 70.6 Å². The summed E-state index contributed by atoms with van der Waals surface area (Å²) < 4.78 is 0.557. The first kappa shape index (κ1) is 12.7. The monoisotopic (exact) mass is 247 g/mol. The van der Waals surface area contributed by atoms with Gasteiger partial charge in [0.15, 0.2) is 0 Å². The highest BCUT2D eigenvalue weighted by molar-refractivity contribution is 8.23. The summed E-state index contributed by atoms with van der Waals surface area (Å²) in [4.78, 5) is 0. The number of nitrogens with two attached hydrogens (primary N) is 1. The maximum absolute atomic E-state index is 8.94. The Morgan fingerprint density at radius 3 is 2.87 bits per heavy atom. The van der Waals surface area contributed by atoms with Gasteiger partial charge in [0.1, 0.15) is 4.32 Å². The van der Waals surface area contributed by atoms with Crippen LogP contribution in [0.3, 0.4) is 0 Å². The van der Waals surface area contributed by atoms with E-state index in [0.717, 1.165) is 31.4 Å². The molecule has 0 spiro atoms. The molecule has 0 heterocycles. The fraction of sp³-hybridized carbons (Fsp3) is 0.778. The summed E-state index contributed by atoms with van der Waals surface area (Å²) in [6.07, 6.45) is 6.59. The van der Waals surface area contributed by atoms with E-state index < -0.39 is 0 Å². The lowest BCUT2D eigenvalue weighted by Crippen LogP contribution is -2.30. The van der Waals surface area contributed by atoms with Crippen molar-refractivity contribution in [2.24, 2.45) is 11.0 Å². The largest absolute Gasteiger partial charge is 0.411 e. The van der Waals surface area contributed by atoms with Crippen LogP contribution in [0.2, 0.25) is 0 Å². The molecule has 0 aliphatic heterocycles. The minimum atomic E-state index is 0.179. The molecule has 1 rings (SSSR count). The van der Waals surface area contributed by atoms with Crippen LogP contribution in [0.5, 0.6) is 0 Å². The SMILES string of the molecule is NNC(=S)SC1CCCCCCC1=NO. The van der Waals surface area contributed by atoms with E-state index in [9.17, 15) is 0 Å². The highest BCUT2D eigenvalue weighted by Gasteiger charge is 2.20. The third-order valence-corrected chi connectivity index (χ3v) is 4.05. The van der Waals surface area contributed by atoms with Gasteiger partial charge >= 0.3 is 0 Å². The van der Waals surface area contributed by atoms with Crippen molar-refractivity contribution in [2.75, 3.05) is 0 Å². The van der Waals surface area contributed by atoms with Gasteiger partial charge in [-0.15, -0.1) is 0 Å². The van der Waals surface area contributed by atoms with E-state index in [1.807, 2.05) is 0 Å². The summed E-state index contributed by atoms with van der Waals surface area (Å²) in [5, 5.41) is 12.5. The smallest absolute Gasteiger partial charge is 0.148 e. The number of thioether (sulfide) groups is 1. The third-order valence-electron chi connectivity index (χ3n) is 2.52. The molecule has 4 N–H and O–H groups in total. The van der Waals surface area contributed by atoms with Crippen LogP contribution in [0.4, 0.5) is 0 Å². The van der Waals surface area contributed by atoms with E-state index in [-0.39, 0.29) is 5.25 Å². The summed E-state index contributed by atoms with van der Waals surface area (Å²) in [7, 11) is 0. The number of nitrogens with one attached hydrogen (secondary N) is 1.